The van der Waals surface area contributed by atoms with Crippen molar-refractivity contribution in [2.45, 2.75) is 18.9 Å². The number of carbonyl (C=O) groups excluding carboxylic acids is 1. The van der Waals surface area contributed by atoms with Gasteiger partial charge in [-0.05, 0) is 18.9 Å². The van der Waals surface area contributed by atoms with Gasteiger partial charge >= 0.3 is 0 Å². The van der Waals surface area contributed by atoms with Crippen LogP contribution in [0.15, 0.2) is 54.6 Å². The van der Waals surface area contributed by atoms with E-state index in [4.69, 9.17) is 0 Å². The van der Waals surface area contributed by atoms with Gasteiger partial charge in [0.05, 0.1) is 0 Å². The molecule has 0 saturated heterocycles. The standard InChI is InChI=1S/C15H16O2/c1-12(16)15(17,13-8-4-2-5-9-13)14-10-6-3-7-11-14/h2-10,14,17H,11H2,1H3. The Balaban J connectivity index is 2.43. The zero-order chi connectivity index (χ0) is 12.3. The first kappa shape index (κ1) is 11.8. The number of hydrogen-bond donors (Lipinski definition) is 1. The highest BCUT2D eigenvalue weighted by Crippen LogP contribution is 2.35. The van der Waals surface area contributed by atoms with E-state index < -0.39 is 5.60 Å². The molecular formula is C15H16O2. The Morgan fingerprint density at radius 3 is 2.53 bits per heavy atom. The summed E-state index contributed by atoms with van der Waals surface area (Å²) in [6.07, 6.45) is 8.37. The number of Topliss-reactive ketones (excluding diaryl/α,β-unsaturated/α-hetero) is 1. The van der Waals surface area contributed by atoms with E-state index >= 15 is 0 Å². The van der Waals surface area contributed by atoms with Crippen LogP contribution in [0.25, 0.3) is 0 Å². The Labute approximate surface area is 101 Å². The van der Waals surface area contributed by atoms with E-state index in [0.717, 1.165) is 0 Å². The molecule has 0 amide bonds. The lowest BCUT2D eigenvalue weighted by atomic mass is 9.75. The number of carbonyl (C=O) groups is 1. The molecule has 0 radical (unpaired) electrons. The molecule has 0 aromatic heterocycles. The van der Waals surface area contributed by atoms with Crippen LogP contribution in [0.2, 0.25) is 0 Å². The summed E-state index contributed by atoms with van der Waals surface area (Å²) in [7, 11) is 0. The maximum atomic E-state index is 11.9. The molecule has 1 aromatic carbocycles. The Morgan fingerprint density at radius 2 is 2.00 bits per heavy atom. The van der Waals surface area contributed by atoms with E-state index in [-0.39, 0.29) is 11.7 Å². The van der Waals surface area contributed by atoms with E-state index in [1.54, 1.807) is 12.1 Å². The van der Waals surface area contributed by atoms with Gasteiger partial charge in [-0.1, -0.05) is 54.6 Å². The number of benzene rings is 1. The Hall–Kier alpha value is -1.67. The highest BCUT2D eigenvalue weighted by atomic mass is 16.3. The van der Waals surface area contributed by atoms with Crippen LogP contribution in [0, 0.1) is 5.92 Å². The zero-order valence-corrected chi connectivity index (χ0v) is 9.84. The lowest BCUT2D eigenvalue weighted by molar-refractivity contribution is -0.140. The summed E-state index contributed by atoms with van der Waals surface area (Å²) < 4.78 is 0. The minimum absolute atomic E-state index is 0.188. The van der Waals surface area contributed by atoms with Gasteiger partial charge in [0.2, 0.25) is 0 Å². The van der Waals surface area contributed by atoms with Crippen molar-refractivity contribution in [3.8, 4) is 0 Å². The third kappa shape index (κ3) is 2.08. The minimum atomic E-state index is -1.41. The molecule has 2 nitrogen and oxygen atoms in total. The highest BCUT2D eigenvalue weighted by molar-refractivity contribution is 5.86. The van der Waals surface area contributed by atoms with E-state index in [0.29, 0.717) is 12.0 Å². The van der Waals surface area contributed by atoms with Gasteiger partial charge in [-0.3, -0.25) is 4.79 Å². The average molecular weight is 228 g/mol. The smallest absolute Gasteiger partial charge is 0.166 e. The number of rotatable bonds is 3. The van der Waals surface area contributed by atoms with Crippen LogP contribution < -0.4 is 0 Å². The Morgan fingerprint density at radius 1 is 1.29 bits per heavy atom. The second kappa shape index (κ2) is 4.68. The van der Waals surface area contributed by atoms with E-state index in [1.807, 2.05) is 42.5 Å². The first-order valence-electron chi connectivity index (χ1n) is 5.78. The van der Waals surface area contributed by atoms with Crippen LogP contribution in [-0.4, -0.2) is 10.9 Å². The summed E-state index contributed by atoms with van der Waals surface area (Å²) in [5.41, 5.74) is -0.750. The van der Waals surface area contributed by atoms with Crippen molar-refractivity contribution in [3.05, 3.63) is 60.2 Å². The predicted molar refractivity (Wildman–Crippen MR) is 67.4 cm³/mol. The highest BCUT2D eigenvalue weighted by Gasteiger charge is 2.41. The first-order valence-corrected chi connectivity index (χ1v) is 5.78. The molecule has 17 heavy (non-hydrogen) atoms. The molecule has 2 heteroatoms. The van der Waals surface area contributed by atoms with Crippen LogP contribution in [0.1, 0.15) is 18.9 Å². The molecule has 1 aromatic rings. The van der Waals surface area contributed by atoms with Gasteiger partial charge in [-0.2, -0.15) is 0 Å². The van der Waals surface area contributed by atoms with Crippen molar-refractivity contribution in [2.24, 2.45) is 5.92 Å². The third-order valence-electron chi connectivity index (χ3n) is 3.27. The zero-order valence-electron chi connectivity index (χ0n) is 9.84. The van der Waals surface area contributed by atoms with Crippen molar-refractivity contribution in [1.82, 2.24) is 0 Å². The van der Waals surface area contributed by atoms with Gasteiger partial charge in [0.25, 0.3) is 0 Å². The second-order valence-corrected chi connectivity index (χ2v) is 4.34. The van der Waals surface area contributed by atoms with Crippen LogP contribution in [0.5, 0.6) is 0 Å². The SMILES string of the molecule is CC(=O)C(O)(c1ccccc1)C1C=CC=CC1. The number of allylic oxidation sites excluding steroid dienone is 3. The van der Waals surface area contributed by atoms with Crippen molar-refractivity contribution >= 4 is 5.78 Å². The Bertz CT molecular complexity index is 459. The molecule has 2 rings (SSSR count). The summed E-state index contributed by atoms with van der Waals surface area (Å²) in [6.45, 7) is 1.44. The second-order valence-electron chi connectivity index (χ2n) is 4.34. The molecule has 1 aliphatic rings. The van der Waals surface area contributed by atoms with Crippen molar-refractivity contribution in [2.75, 3.05) is 0 Å². The van der Waals surface area contributed by atoms with Crippen LogP contribution in [0.4, 0.5) is 0 Å². The fourth-order valence-corrected chi connectivity index (χ4v) is 2.26. The maximum Gasteiger partial charge on any atom is 0.166 e. The van der Waals surface area contributed by atoms with Gasteiger partial charge in [0, 0.05) is 5.92 Å². The molecule has 2 atom stereocenters. The molecule has 0 aliphatic heterocycles. The molecule has 0 spiro atoms. The van der Waals surface area contributed by atoms with Crippen molar-refractivity contribution < 1.29 is 9.90 Å². The predicted octanol–water partition coefficient (Wildman–Crippen LogP) is 2.60. The molecule has 2 unspecified atom stereocenters. The minimum Gasteiger partial charge on any atom is -0.377 e. The first-order chi connectivity index (χ1) is 8.15. The van der Waals surface area contributed by atoms with Crippen LogP contribution in [-0.2, 0) is 10.4 Å². The molecule has 0 heterocycles. The fraction of sp³-hybridized carbons (Fsp3) is 0.267. The molecule has 88 valence electrons. The van der Waals surface area contributed by atoms with E-state index in [2.05, 4.69) is 0 Å². The molecule has 0 saturated carbocycles. The topological polar surface area (TPSA) is 37.3 Å². The summed E-state index contributed by atoms with van der Waals surface area (Å²) in [4.78, 5) is 11.9. The lowest BCUT2D eigenvalue weighted by Crippen LogP contribution is -2.41. The monoisotopic (exact) mass is 228 g/mol. The molecule has 0 bridgehead atoms. The van der Waals surface area contributed by atoms with E-state index in [1.165, 1.54) is 6.92 Å². The van der Waals surface area contributed by atoms with Crippen molar-refractivity contribution in [3.63, 3.8) is 0 Å². The van der Waals surface area contributed by atoms with Crippen molar-refractivity contribution in [1.29, 1.82) is 0 Å². The molecule has 0 fully saturated rings. The Kier molecular flexibility index (Phi) is 3.25. The molecule has 1 N–H and O–H groups in total. The fourth-order valence-electron chi connectivity index (χ4n) is 2.26. The van der Waals surface area contributed by atoms with Gasteiger partial charge in [-0.25, -0.2) is 0 Å². The molecular weight excluding hydrogens is 212 g/mol. The third-order valence-corrected chi connectivity index (χ3v) is 3.27. The maximum absolute atomic E-state index is 11.9. The number of ketones is 1. The quantitative estimate of drug-likeness (QED) is 0.863. The molecule has 1 aliphatic carbocycles. The van der Waals surface area contributed by atoms with E-state index in [9.17, 15) is 9.90 Å². The summed E-state index contributed by atoms with van der Waals surface area (Å²) in [5.74, 6) is -0.402. The largest absolute Gasteiger partial charge is 0.377 e. The number of hydrogen-bond acceptors (Lipinski definition) is 2. The lowest BCUT2D eigenvalue weighted by Gasteiger charge is -2.33. The summed E-state index contributed by atoms with van der Waals surface area (Å²) in [5, 5.41) is 10.7. The summed E-state index contributed by atoms with van der Waals surface area (Å²) >= 11 is 0. The normalized spacial score (nSPS) is 22.1. The van der Waals surface area contributed by atoms with Gasteiger partial charge in [-0.15, -0.1) is 0 Å². The van der Waals surface area contributed by atoms with Gasteiger partial charge in [0.1, 0.15) is 0 Å². The van der Waals surface area contributed by atoms with Gasteiger partial charge in [0.15, 0.2) is 11.4 Å². The van der Waals surface area contributed by atoms with Gasteiger partial charge < -0.3 is 5.11 Å². The van der Waals surface area contributed by atoms with Crippen LogP contribution >= 0.6 is 0 Å². The average Bonchev–Trinajstić information content (AvgIpc) is 2.39. The van der Waals surface area contributed by atoms with Crippen LogP contribution in [0.3, 0.4) is 0 Å². The number of aliphatic hydroxyl groups is 1. The summed E-state index contributed by atoms with van der Waals surface area (Å²) in [6, 6.07) is 9.15.